The molecule has 2 amide bonds. The lowest BCUT2D eigenvalue weighted by Crippen LogP contribution is -2.35. The van der Waals surface area contributed by atoms with Crippen molar-refractivity contribution in [3.05, 3.63) is 23.8 Å². The number of anilines is 1. The van der Waals surface area contributed by atoms with Crippen LogP contribution in [0.4, 0.5) is 5.69 Å². The number of fused-ring (bicyclic) bond motifs is 1. The number of hydrogen-bond acceptors (Lipinski definition) is 3. The lowest BCUT2D eigenvalue weighted by Gasteiger charge is -2.24. The molecule has 0 aromatic heterocycles. The first-order valence-corrected chi connectivity index (χ1v) is 6.66. The lowest BCUT2D eigenvalue weighted by molar-refractivity contribution is -0.128. The third-order valence-electron chi connectivity index (χ3n) is 3.11. The number of amides is 2. The van der Waals surface area contributed by atoms with Crippen molar-refractivity contribution in [1.29, 1.82) is 0 Å². The summed E-state index contributed by atoms with van der Waals surface area (Å²) < 4.78 is 5.48. The zero-order valence-electron chi connectivity index (χ0n) is 12.2. The first-order valence-electron chi connectivity index (χ1n) is 6.66. The second-order valence-corrected chi connectivity index (χ2v) is 6.01. The highest BCUT2D eigenvalue weighted by atomic mass is 16.5. The number of benzene rings is 1. The molecule has 5 heteroatoms. The Morgan fingerprint density at radius 1 is 1.40 bits per heavy atom. The number of rotatable bonds is 2. The van der Waals surface area contributed by atoms with Crippen LogP contribution in [0.3, 0.4) is 0 Å². The molecule has 1 aliphatic rings. The lowest BCUT2D eigenvalue weighted by atomic mass is 9.95. The van der Waals surface area contributed by atoms with Gasteiger partial charge < -0.3 is 15.4 Å². The molecule has 0 bridgehead atoms. The van der Waals surface area contributed by atoms with Crippen LogP contribution in [0.15, 0.2) is 18.2 Å². The summed E-state index contributed by atoms with van der Waals surface area (Å²) in [5, 5.41) is 5.66. The van der Waals surface area contributed by atoms with Crippen LogP contribution in [0.2, 0.25) is 0 Å². The minimum atomic E-state index is -0.478. The molecular weight excluding hydrogens is 256 g/mol. The van der Waals surface area contributed by atoms with E-state index in [4.69, 9.17) is 4.74 Å². The molecule has 108 valence electrons. The van der Waals surface area contributed by atoms with Crippen LogP contribution >= 0.6 is 0 Å². The predicted molar refractivity (Wildman–Crippen MR) is 76.5 cm³/mol. The number of carbonyl (C=O) groups is 2. The fourth-order valence-corrected chi connectivity index (χ4v) is 1.81. The van der Waals surface area contributed by atoms with Gasteiger partial charge in [-0.15, -0.1) is 0 Å². The highest BCUT2D eigenvalue weighted by Gasteiger charge is 2.24. The fraction of sp³-hybridized carbons (Fsp3) is 0.467. The standard InChI is InChI=1S/C15H20N2O3/c1-9-13(18)17-11-7-10(5-6-12(11)20-9)8-16-14(19)15(2,3)4/h5-7,9H,8H2,1-4H3,(H,16,19)(H,17,18). The zero-order valence-corrected chi connectivity index (χ0v) is 12.2. The van der Waals surface area contributed by atoms with Crippen molar-refractivity contribution < 1.29 is 14.3 Å². The molecule has 0 spiro atoms. The molecule has 1 aromatic carbocycles. The van der Waals surface area contributed by atoms with Crippen LogP contribution in [0.5, 0.6) is 5.75 Å². The highest BCUT2D eigenvalue weighted by molar-refractivity contribution is 5.97. The largest absolute Gasteiger partial charge is 0.479 e. The molecule has 0 radical (unpaired) electrons. The molecule has 1 unspecified atom stereocenters. The maximum atomic E-state index is 11.8. The predicted octanol–water partition coefficient (Wildman–Crippen LogP) is 2.07. The van der Waals surface area contributed by atoms with E-state index in [1.165, 1.54) is 0 Å². The van der Waals surface area contributed by atoms with Gasteiger partial charge in [0.2, 0.25) is 5.91 Å². The first kappa shape index (κ1) is 14.4. The summed E-state index contributed by atoms with van der Waals surface area (Å²) in [5.74, 6) is 0.487. The van der Waals surface area contributed by atoms with Gasteiger partial charge in [-0.25, -0.2) is 0 Å². The maximum Gasteiger partial charge on any atom is 0.265 e. The Morgan fingerprint density at radius 3 is 2.75 bits per heavy atom. The van der Waals surface area contributed by atoms with E-state index in [1.807, 2.05) is 39.0 Å². The average molecular weight is 276 g/mol. The van der Waals surface area contributed by atoms with Gasteiger partial charge in [-0.2, -0.15) is 0 Å². The van der Waals surface area contributed by atoms with E-state index in [2.05, 4.69) is 10.6 Å². The molecular formula is C15H20N2O3. The molecule has 0 aliphatic carbocycles. The summed E-state index contributed by atoms with van der Waals surface area (Å²) in [4.78, 5) is 23.4. The Morgan fingerprint density at radius 2 is 2.10 bits per heavy atom. The fourth-order valence-electron chi connectivity index (χ4n) is 1.81. The third-order valence-corrected chi connectivity index (χ3v) is 3.11. The van der Waals surface area contributed by atoms with Crippen LogP contribution in [0.25, 0.3) is 0 Å². The summed E-state index contributed by atoms with van der Waals surface area (Å²) in [6.07, 6.45) is -0.478. The normalized spacial score (nSPS) is 17.8. The second kappa shape index (κ2) is 5.15. The third kappa shape index (κ3) is 3.10. The SMILES string of the molecule is CC1Oc2ccc(CNC(=O)C(C)(C)C)cc2NC1=O. The Kier molecular flexibility index (Phi) is 3.70. The van der Waals surface area contributed by atoms with E-state index < -0.39 is 11.5 Å². The van der Waals surface area contributed by atoms with Crippen molar-refractivity contribution in [2.75, 3.05) is 5.32 Å². The van der Waals surface area contributed by atoms with Gasteiger partial charge in [0.1, 0.15) is 5.75 Å². The van der Waals surface area contributed by atoms with Crippen molar-refractivity contribution >= 4 is 17.5 Å². The van der Waals surface area contributed by atoms with Gasteiger partial charge in [0.25, 0.3) is 5.91 Å². The Bertz CT molecular complexity index is 547. The Labute approximate surface area is 118 Å². The van der Waals surface area contributed by atoms with Gasteiger partial charge in [0.05, 0.1) is 5.69 Å². The number of hydrogen-bond donors (Lipinski definition) is 2. The second-order valence-electron chi connectivity index (χ2n) is 6.01. The van der Waals surface area contributed by atoms with E-state index >= 15 is 0 Å². The number of carbonyl (C=O) groups excluding carboxylic acids is 2. The molecule has 2 N–H and O–H groups in total. The van der Waals surface area contributed by atoms with Crippen molar-refractivity contribution in [3.8, 4) is 5.75 Å². The molecule has 2 rings (SSSR count). The van der Waals surface area contributed by atoms with Crippen LogP contribution in [-0.4, -0.2) is 17.9 Å². The Balaban J connectivity index is 2.07. The quantitative estimate of drug-likeness (QED) is 0.869. The van der Waals surface area contributed by atoms with Crippen molar-refractivity contribution in [2.24, 2.45) is 5.41 Å². The van der Waals surface area contributed by atoms with E-state index in [0.29, 0.717) is 18.0 Å². The topological polar surface area (TPSA) is 67.4 Å². The van der Waals surface area contributed by atoms with Gasteiger partial charge in [0.15, 0.2) is 6.10 Å². The molecule has 0 fully saturated rings. The van der Waals surface area contributed by atoms with Gasteiger partial charge in [-0.05, 0) is 24.6 Å². The number of nitrogens with one attached hydrogen (secondary N) is 2. The molecule has 5 nitrogen and oxygen atoms in total. The van der Waals surface area contributed by atoms with Gasteiger partial charge >= 0.3 is 0 Å². The first-order chi connectivity index (χ1) is 9.27. The molecule has 0 saturated heterocycles. The smallest absolute Gasteiger partial charge is 0.265 e. The average Bonchev–Trinajstić information content (AvgIpc) is 2.36. The summed E-state index contributed by atoms with van der Waals surface area (Å²) in [5.41, 5.74) is 1.15. The Hall–Kier alpha value is -2.04. The molecule has 1 heterocycles. The summed E-state index contributed by atoms with van der Waals surface area (Å²) in [6, 6.07) is 5.51. The van der Waals surface area contributed by atoms with Crippen LogP contribution in [0.1, 0.15) is 33.3 Å². The minimum Gasteiger partial charge on any atom is -0.479 e. The van der Waals surface area contributed by atoms with Gasteiger partial charge in [-0.3, -0.25) is 9.59 Å². The van der Waals surface area contributed by atoms with Gasteiger partial charge in [-0.1, -0.05) is 26.8 Å². The summed E-state index contributed by atoms with van der Waals surface area (Å²) >= 11 is 0. The van der Waals surface area contributed by atoms with Crippen molar-refractivity contribution in [1.82, 2.24) is 5.32 Å². The maximum absolute atomic E-state index is 11.8. The van der Waals surface area contributed by atoms with E-state index in [9.17, 15) is 9.59 Å². The highest BCUT2D eigenvalue weighted by Crippen LogP contribution is 2.30. The number of ether oxygens (including phenoxy) is 1. The molecule has 20 heavy (non-hydrogen) atoms. The van der Waals surface area contributed by atoms with Crippen LogP contribution in [0, 0.1) is 5.41 Å². The van der Waals surface area contributed by atoms with Crippen molar-refractivity contribution in [3.63, 3.8) is 0 Å². The van der Waals surface area contributed by atoms with E-state index in [-0.39, 0.29) is 11.8 Å². The van der Waals surface area contributed by atoms with E-state index in [0.717, 1.165) is 5.56 Å². The summed E-state index contributed by atoms with van der Waals surface area (Å²) in [6.45, 7) is 7.73. The van der Waals surface area contributed by atoms with Crippen molar-refractivity contribution in [2.45, 2.75) is 40.3 Å². The van der Waals surface area contributed by atoms with E-state index in [1.54, 1.807) is 6.92 Å². The van der Waals surface area contributed by atoms with Crippen LogP contribution in [-0.2, 0) is 16.1 Å². The van der Waals surface area contributed by atoms with Gasteiger partial charge in [0, 0.05) is 12.0 Å². The molecule has 0 saturated carbocycles. The molecule has 1 aliphatic heterocycles. The summed E-state index contributed by atoms with van der Waals surface area (Å²) in [7, 11) is 0. The zero-order chi connectivity index (χ0) is 14.9. The van der Waals surface area contributed by atoms with Crippen LogP contribution < -0.4 is 15.4 Å². The molecule has 1 aromatic rings. The monoisotopic (exact) mass is 276 g/mol. The minimum absolute atomic E-state index is 0.0101. The molecule has 1 atom stereocenters.